The van der Waals surface area contributed by atoms with Gasteiger partial charge in [0.25, 0.3) is 0 Å². The van der Waals surface area contributed by atoms with Crippen molar-refractivity contribution in [1.82, 2.24) is 4.98 Å². The minimum atomic E-state index is -0.440. The van der Waals surface area contributed by atoms with E-state index in [9.17, 15) is 4.79 Å². The highest BCUT2D eigenvalue weighted by atomic mass is 16.5. The van der Waals surface area contributed by atoms with E-state index in [1.807, 2.05) is 27.7 Å². The zero-order chi connectivity index (χ0) is 19.4. The summed E-state index contributed by atoms with van der Waals surface area (Å²) in [5.41, 5.74) is 10.5. The lowest BCUT2D eigenvalue weighted by Gasteiger charge is -2.21. The molecule has 1 heterocycles. The molecule has 5 heteroatoms. The molecular weight excluding hydrogens is 326 g/mol. The number of aromatic nitrogens is 1. The molecule has 0 unspecified atom stereocenters. The number of nitrogens with zero attached hydrogens (tertiary/aromatic N) is 1. The van der Waals surface area contributed by atoms with Crippen LogP contribution in [-0.2, 0) is 0 Å². The summed E-state index contributed by atoms with van der Waals surface area (Å²) < 4.78 is 6.17. The Hall–Kier alpha value is -2.56. The van der Waals surface area contributed by atoms with Crippen molar-refractivity contribution in [3.8, 4) is 11.6 Å². The van der Waals surface area contributed by atoms with Gasteiger partial charge >= 0.3 is 0 Å². The number of primary amides is 1. The maximum absolute atomic E-state index is 11.4. The predicted molar refractivity (Wildman–Crippen MR) is 106 cm³/mol. The van der Waals surface area contributed by atoms with Crippen LogP contribution in [0.1, 0.15) is 59.4 Å². The molecule has 0 saturated carbocycles. The van der Waals surface area contributed by atoms with Crippen LogP contribution in [0.3, 0.4) is 0 Å². The molecule has 0 fully saturated rings. The Bertz CT molecular complexity index is 788. The SMILES string of the molecule is CCC(CC)Nc1cc(C)nc(Oc2c(C)cc(C(N)=O)cc2C)c1C. The van der Waals surface area contributed by atoms with Crippen molar-refractivity contribution in [3.05, 3.63) is 46.1 Å². The van der Waals surface area contributed by atoms with Gasteiger partial charge in [-0.05, 0) is 69.9 Å². The number of nitrogens with two attached hydrogens (primary N) is 1. The van der Waals surface area contributed by atoms with E-state index in [1.54, 1.807) is 12.1 Å². The summed E-state index contributed by atoms with van der Waals surface area (Å²) in [4.78, 5) is 16.0. The van der Waals surface area contributed by atoms with E-state index >= 15 is 0 Å². The second kappa shape index (κ2) is 8.21. The van der Waals surface area contributed by atoms with E-state index in [0.29, 0.717) is 23.2 Å². The summed E-state index contributed by atoms with van der Waals surface area (Å²) >= 11 is 0. The third-order valence-electron chi connectivity index (χ3n) is 4.64. The highest BCUT2D eigenvalue weighted by Gasteiger charge is 2.16. The lowest BCUT2D eigenvalue weighted by Crippen LogP contribution is -2.18. The van der Waals surface area contributed by atoms with Crippen LogP contribution in [0.4, 0.5) is 5.69 Å². The van der Waals surface area contributed by atoms with E-state index < -0.39 is 5.91 Å². The molecule has 26 heavy (non-hydrogen) atoms. The standard InChI is InChI=1S/C21H29N3O2/c1-7-17(8-2)24-18-11-14(5)23-21(15(18)6)26-19-12(3)9-16(20(22)25)10-13(19)4/h9-11,17H,7-8H2,1-6H3,(H2,22,25)(H,23,24). The molecule has 2 rings (SSSR count). The fourth-order valence-electron chi connectivity index (χ4n) is 3.02. The molecule has 5 nitrogen and oxygen atoms in total. The first kappa shape index (κ1) is 19.8. The number of carbonyl (C=O) groups excluding carboxylic acids is 1. The van der Waals surface area contributed by atoms with Crippen LogP contribution < -0.4 is 15.8 Å². The molecule has 2 aromatic rings. The van der Waals surface area contributed by atoms with Gasteiger partial charge in [0.15, 0.2) is 0 Å². The van der Waals surface area contributed by atoms with Crippen LogP contribution >= 0.6 is 0 Å². The number of pyridine rings is 1. The van der Waals surface area contributed by atoms with Crippen LogP contribution in [0.2, 0.25) is 0 Å². The molecule has 0 aliphatic heterocycles. The fourth-order valence-corrected chi connectivity index (χ4v) is 3.02. The van der Waals surface area contributed by atoms with E-state index in [0.717, 1.165) is 40.9 Å². The molecule has 0 atom stereocenters. The van der Waals surface area contributed by atoms with Gasteiger partial charge in [-0.2, -0.15) is 0 Å². The van der Waals surface area contributed by atoms with Gasteiger partial charge in [0.2, 0.25) is 11.8 Å². The monoisotopic (exact) mass is 355 g/mol. The molecule has 1 aromatic carbocycles. The lowest BCUT2D eigenvalue weighted by atomic mass is 10.1. The number of anilines is 1. The number of benzene rings is 1. The normalized spacial score (nSPS) is 10.9. The van der Waals surface area contributed by atoms with Gasteiger partial charge in [0.1, 0.15) is 5.75 Å². The number of ether oxygens (including phenoxy) is 1. The maximum Gasteiger partial charge on any atom is 0.248 e. The van der Waals surface area contributed by atoms with E-state index in [1.165, 1.54) is 0 Å². The highest BCUT2D eigenvalue weighted by Crippen LogP contribution is 2.33. The average Bonchev–Trinajstić information content (AvgIpc) is 2.58. The number of hydrogen-bond acceptors (Lipinski definition) is 4. The van der Waals surface area contributed by atoms with Crippen molar-refractivity contribution in [3.63, 3.8) is 0 Å². The summed E-state index contributed by atoms with van der Waals surface area (Å²) in [5.74, 6) is 0.852. The zero-order valence-corrected chi connectivity index (χ0v) is 16.6. The van der Waals surface area contributed by atoms with E-state index in [4.69, 9.17) is 10.5 Å². The van der Waals surface area contributed by atoms with Crippen molar-refractivity contribution in [2.75, 3.05) is 5.32 Å². The molecule has 0 aliphatic carbocycles. The largest absolute Gasteiger partial charge is 0.438 e. The van der Waals surface area contributed by atoms with E-state index in [-0.39, 0.29) is 0 Å². The van der Waals surface area contributed by atoms with Crippen molar-refractivity contribution in [2.45, 2.75) is 60.4 Å². The molecule has 0 aliphatic rings. The summed E-state index contributed by atoms with van der Waals surface area (Å²) in [6, 6.07) is 5.97. The molecule has 0 bridgehead atoms. The summed E-state index contributed by atoms with van der Waals surface area (Å²) in [5, 5.41) is 3.59. The Morgan fingerprint density at radius 3 is 2.19 bits per heavy atom. The Kier molecular flexibility index (Phi) is 6.24. The number of hydrogen-bond donors (Lipinski definition) is 2. The van der Waals surface area contributed by atoms with Gasteiger partial charge < -0.3 is 15.8 Å². The van der Waals surface area contributed by atoms with Gasteiger partial charge in [0, 0.05) is 28.6 Å². The third kappa shape index (κ3) is 4.34. The Morgan fingerprint density at radius 1 is 1.12 bits per heavy atom. The van der Waals surface area contributed by atoms with Crippen LogP contribution in [0, 0.1) is 27.7 Å². The van der Waals surface area contributed by atoms with Gasteiger partial charge in [0.05, 0.1) is 0 Å². The number of rotatable bonds is 7. The lowest BCUT2D eigenvalue weighted by molar-refractivity contribution is 0.1000. The quantitative estimate of drug-likeness (QED) is 0.747. The molecule has 1 aromatic heterocycles. The minimum absolute atomic E-state index is 0.418. The number of aryl methyl sites for hydroxylation is 3. The second-order valence-electron chi connectivity index (χ2n) is 6.80. The van der Waals surface area contributed by atoms with Gasteiger partial charge in [-0.15, -0.1) is 0 Å². The third-order valence-corrected chi connectivity index (χ3v) is 4.64. The predicted octanol–water partition coefficient (Wildman–Crippen LogP) is 4.81. The summed E-state index contributed by atoms with van der Waals surface area (Å²) in [6.45, 7) is 12.1. The van der Waals surface area contributed by atoms with Crippen molar-refractivity contribution in [2.24, 2.45) is 5.73 Å². The maximum atomic E-state index is 11.4. The fraction of sp³-hybridized carbons (Fsp3) is 0.429. The van der Waals surface area contributed by atoms with Crippen LogP contribution in [0.25, 0.3) is 0 Å². The number of carbonyl (C=O) groups is 1. The smallest absolute Gasteiger partial charge is 0.248 e. The van der Waals surface area contributed by atoms with Crippen molar-refractivity contribution in [1.29, 1.82) is 0 Å². The Morgan fingerprint density at radius 2 is 1.69 bits per heavy atom. The Balaban J connectivity index is 2.41. The first-order valence-electron chi connectivity index (χ1n) is 9.10. The number of amides is 1. The van der Waals surface area contributed by atoms with Crippen molar-refractivity contribution >= 4 is 11.6 Å². The molecule has 0 saturated heterocycles. The minimum Gasteiger partial charge on any atom is -0.438 e. The second-order valence-corrected chi connectivity index (χ2v) is 6.80. The summed E-state index contributed by atoms with van der Waals surface area (Å²) in [7, 11) is 0. The van der Waals surface area contributed by atoms with E-state index in [2.05, 4.69) is 30.2 Å². The molecule has 140 valence electrons. The van der Waals surface area contributed by atoms with Gasteiger partial charge in [-0.1, -0.05) is 13.8 Å². The first-order valence-corrected chi connectivity index (χ1v) is 9.10. The van der Waals surface area contributed by atoms with Crippen LogP contribution in [0.5, 0.6) is 11.6 Å². The van der Waals surface area contributed by atoms with Gasteiger partial charge in [-0.25, -0.2) is 4.98 Å². The molecule has 3 N–H and O–H groups in total. The Labute approximate surface area is 156 Å². The molecule has 0 radical (unpaired) electrons. The highest BCUT2D eigenvalue weighted by molar-refractivity contribution is 5.93. The topological polar surface area (TPSA) is 77.2 Å². The first-order chi connectivity index (χ1) is 12.3. The van der Waals surface area contributed by atoms with Crippen LogP contribution in [-0.4, -0.2) is 16.9 Å². The zero-order valence-electron chi connectivity index (χ0n) is 16.6. The molecular formula is C21H29N3O2. The molecule has 1 amide bonds. The van der Waals surface area contributed by atoms with Crippen molar-refractivity contribution < 1.29 is 9.53 Å². The molecule has 0 spiro atoms. The average molecular weight is 355 g/mol. The van der Waals surface area contributed by atoms with Gasteiger partial charge in [-0.3, -0.25) is 4.79 Å². The summed E-state index contributed by atoms with van der Waals surface area (Å²) in [6.07, 6.45) is 2.11. The van der Waals surface area contributed by atoms with Crippen LogP contribution in [0.15, 0.2) is 18.2 Å². The number of nitrogens with one attached hydrogen (secondary N) is 1.